The van der Waals surface area contributed by atoms with Gasteiger partial charge in [0.05, 0.1) is 18.6 Å². The van der Waals surface area contributed by atoms with Crippen molar-refractivity contribution < 1.29 is 15.8 Å². The molecule has 2 heterocycles. The van der Waals surface area contributed by atoms with Crippen molar-refractivity contribution in [1.82, 2.24) is 15.1 Å². The van der Waals surface area contributed by atoms with Crippen molar-refractivity contribution in [3.8, 4) is 0 Å². The largest absolute Gasteiger partial charge is 0.380 e. The first-order chi connectivity index (χ1) is 9.40. The fourth-order valence-electron chi connectivity index (χ4n) is 3.02. The van der Waals surface area contributed by atoms with Gasteiger partial charge in [-0.3, -0.25) is 4.79 Å². The lowest BCUT2D eigenvalue weighted by atomic mass is 9.78. The predicted octanol–water partition coefficient (Wildman–Crippen LogP) is 0.777. The van der Waals surface area contributed by atoms with Crippen molar-refractivity contribution in [2.24, 2.45) is 11.3 Å². The zero-order valence-electron chi connectivity index (χ0n) is 12.8. The topological polar surface area (TPSA) is 61.9 Å². The lowest BCUT2D eigenvalue weighted by Crippen LogP contribution is -2.69. The van der Waals surface area contributed by atoms with Crippen LogP contribution in [0.1, 0.15) is 22.2 Å². The lowest BCUT2D eigenvalue weighted by molar-refractivity contribution is -0.177. The van der Waals surface area contributed by atoms with Gasteiger partial charge in [-0.15, -0.1) is 0 Å². The molecule has 0 bridgehead atoms. The van der Waals surface area contributed by atoms with Gasteiger partial charge in [0.1, 0.15) is 6.04 Å². The van der Waals surface area contributed by atoms with Crippen LogP contribution in [-0.4, -0.2) is 67.7 Å². The molecule has 3 amide bonds. The van der Waals surface area contributed by atoms with E-state index in [1.54, 1.807) is 16.8 Å². The normalized spacial score (nSPS) is 21.1. The summed E-state index contributed by atoms with van der Waals surface area (Å²) >= 11 is 0. The third kappa shape index (κ3) is 2.61. The molecular formula is C14H27N3O3. The van der Waals surface area contributed by atoms with Gasteiger partial charge in [0.25, 0.3) is 0 Å². The zero-order chi connectivity index (χ0) is 14.9. The quantitative estimate of drug-likeness (QED) is 0.830. The van der Waals surface area contributed by atoms with Crippen molar-refractivity contribution in [2.75, 3.05) is 39.9 Å². The molecule has 0 radical (unpaired) electrons. The Bertz CT molecular complexity index is 391. The van der Waals surface area contributed by atoms with Gasteiger partial charge in [-0.2, -0.15) is 0 Å². The van der Waals surface area contributed by atoms with E-state index in [1.165, 1.54) is 0 Å². The summed E-state index contributed by atoms with van der Waals surface area (Å²) in [5, 5.41) is 2.80. The van der Waals surface area contributed by atoms with E-state index >= 15 is 0 Å². The molecule has 0 aliphatic carbocycles. The number of ether oxygens (including phenoxy) is 1. The standard InChI is InChI=1S/C14H25N3O3.H2/c1-5-15-12(18)11(10(2)3)16(4)13(19)17-6-14(7-17)8-20-9-14;/h10-11H,5-9H2,1-4H3,(H,15,18);1H. The molecule has 0 saturated carbocycles. The maximum atomic E-state index is 12.4. The summed E-state index contributed by atoms with van der Waals surface area (Å²) in [5.74, 6) is -0.00154. The average molecular weight is 285 g/mol. The Morgan fingerprint density at radius 3 is 2.40 bits per heavy atom. The second-order valence-electron chi connectivity index (χ2n) is 6.33. The molecule has 1 spiro atoms. The molecule has 6 heteroatoms. The highest BCUT2D eigenvalue weighted by molar-refractivity contribution is 5.87. The van der Waals surface area contributed by atoms with Crippen LogP contribution in [0.5, 0.6) is 0 Å². The monoisotopic (exact) mass is 285 g/mol. The molecule has 2 fully saturated rings. The van der Waals surface area contributed by atoms with Crippen LogP contribution >= 0.6 is 0 Å². The van der Waals surface area contributed by atoms with Gasteiger partial charge < -0.3 is 19.9 Å². The van der Waals surface area contributed by atoms with Crippen molar-refractivity contribution in [2.45, 2.75) is 26.8 Å². The first-order valence-corrected chi connectivity index (χ1v) is 7.27. The Labute approximate surface area is 121 Å². The molecule has 6 nitrogen and oxygen atoms in total. The van der Waals surface area contributed by atoms with Gasteiger partial charge in [-0.05, 0) is 12.8 Å². The summed E-state index contributed by atoms with van der Waals surface area (Å²) < 4.78 is 5.21. The number of likely N-dealkylation sites (tertiary alicyclic amines) is 1. The number of hydrogen-bond donors (Lipinski definition) is 1. The van der Waals surface area contributed by atoms with Crippen molar-refractivity contribution in [3.05, 3.63) is 0 Å². The molecule has 0 aromatic carbocycles. The smallest absolute Gasteiger partial charge is 0.320 e. The van der Waals surface area contributed by atoms with E-state index in [-0.39, 0.29) is 24.7 Å². The number of amides is 3. The second kappa shape index (κ2) is 5.60. The van der Waals surface area contributed by atoms with Crippen molar-refractivity contribution in [3.63, 3.8) is 0 Å². The third-order valence-electron chi connectivity index (χ3n) is 4.11. The number of rotatable bonds is 4. The third-order valence-corrected chi connectivity index (χ3v) is 4.11. The summed E-state index contributed by atoms with van der Waals surface area (Å²) in [6.07, 6.45) is 0. The van der Waals surface area contributed by atoms with Gasteiger partial charge >= 0.3 is 6.03 Å². The second-order valence-corrected chi connectivity index (χ2v) is 6.33. The van der Waals surface area contributed by atoms with E-state index in [1.807, 2.05) is 20.8 Å². The fourth-order valence-corrected chi connectivity index (χ4v) is 3.02. The van der Waals surface area contributed by atoms with Crippen LogP contribution < -0.4 is 5.32 Å². The summed E-state index contributed by atoms with van der Waals surface area (Å²) in [6.45, 7) is 9.38. The predicted molar refractivity (Wildman–Crippen MR) is 77.4 cm³/mol. The number of urea groups is 1. The van der Waals surface area contributed by atoms with Crippen LogP contribution in [0.4, 0.5) is 4.79 Å². The molecule has 2 saturated heterocycles. The van der Waals surface area contributed by atoms with Gasteiger partial charge in [-0.1, -0.05) is 13.8 Å². The number of carbonyl (C=O) groups is 2. The minimum atomic E-state index is -0.420. The van der Waals surface area contributed by atoms with E-state index in [4.69, 9.17) is 4.74 Å². The fraction of sp³-hybridized carbons (Fsp3) is 0.857. The minimum absolute atomic E-state index is 0. The van der Waals surface area contributed by atoms with Crippen LogP contribution in [-0.2, 0) is 9.53 Å². The molecule has 2 rings (SSSR count). The van der Waals surface area contributed by atoms with Crippen molar-refractivity contribution in [1.29, 1.82) is 0 Å². The van der Waals surface area contributed by atoms with E-state index < -0.39 is 6.04 Å². The number of likely N-dealkylation sites (N-methyl/N-ethyl adjacent to an activating group) is 2. The number of carbonyl (C=O) groups excluding carboxylic acids is 2. The summed E-state index contributed by atoms with van der Waals surface area (Å²) in [6, 6.07) is -0.482. The molecule has 1 N–H and O–H groups in total. The highest BCUT2D eigenvalue weighted by Crippen LogP contribution is 2.38. The summed E-state index contributed by atoms with van der Waals surface area (Å²) in [7, 11) is 1.71. The van der Waals surface area contributed by atoms with Crippen LogP contribution in [0.3, 0.4) is 0 Å². The first-order valence-electron chi connectivity index (χ1n) is 7.27. The molecule has 20 heavy (non-hydrogen) atoms. The SMILES string of the molecule is CCNC(=O)C(C(C)C)N(C)C(=O)N1CC2(COC2)C1.[HH]. The van der Waals surface area contributed by atoms with Gasteiger partial charge in [0.2, 0.25) is 5.91 Å². The van der Waals surface area contributed by atoms with E-state index in [2.05, 4.69) is 5.32 Å². The van der Waals surface area contributed by atoms with E-state index in [0.717, 1.165) is 26.3 Å². The number of nitrogens with one attached hydrogen (secondary N) is 1. The Balaban J connectivity index is 0.00000220. The molecular weight excluding hydrogens is 258 g/mol. The van der Waals surface area contributed by atoms with E-state index in [0.29, 0.717) is 6.54 Å². The van der Waals surface area contributed by atoms with Crippen LogP contribution in [0, 0.1) is 11.3 Å². The van der Waals surface area contributed by atoms with Crippen molar-refractivity contribution >= 4 is 11.9 Å². The molecule has 0 aromatic heterocycles. The molecule has 1 unspecified atom stereocenters. The Morgan fingerprint density at radius 2 is 2.00 bits per heavy atom. The zero-order valence-corrected chi connectivity index (χ0v) is 12.8. The van der Waals surface area contributed by atoms with Gasteiger partial charge in [0.15, 0.2) is 0 Å². The summed E-state index contributed by atoms with van der Waals surface area (Å²) in [5.41, 5.74) is 0.204. The Kier molecular flexibility index (Phi) is 4.22. The molecule has 2 aliphatic heterocycles. The van der Waals surface area contributed by atoms with Gasteiger partial charge in [-0.25, -0.2) is 4.79 Å². The molecule has 2 aliphatic rings. The molecule has 1 atom stereocenters. The van der Waals surface area contributed by atoms with Crippen LogP contribution in [0.25, 0.3) is 0 Å². The molecule has 0 aromatic rings. The maximum Gasteiger partial charge on any atom is 0.320 e. The Hall–Kier alpha value is -1.30. The Morgan fingerprint density at radius 1 is 1.40 bits per heavy atom. The van der Waals surface area contributed by atoms with E-state index in [9.17, 15) is 9.59 Å². The van der Waals surface area contributed by atoms with Gasteiger partial charge in [0, 0.05) is 28.1 Å². The summed E-state index contributed by atoms with van der Waals surface area (Å²) in [4.78, 5) is 27.9. The number of nitrogens with zero attached hydrogens (tertiary/aromatic N) is 2. The van der Waals surface area contributed by atoms with Crippen LogP contribution in [0.15, 0.2) is 0 Å². The highest BCUT2D eigenvalue weighted by Gasteiger charge is 2.51. The number of hydrogen-bond acceptors (Lipinski definition) is 3. The van der Waals surface area contributed by atoms with Crippen LogP contribution in [0.2, 0.25) is 0 Å². The first kappa shape index (κ1) is 15.1. The molecule has 116 valence electrons. The minimum Gasteiger partial charge on any atom is -0.380 e. The highest BCUT2D eigenvalue weighted by atomic mass is 16.5. The maximum absolute atomic E-state index is 12.4. The lowest BCUT2D eigenvalue weighted by Gasteiger charge is -2.55. The average Bonchev–Trinajstić information content (AvgIpc) is 2.24.